The minimum absolute atomic E-state index is 0.392. The maximum atomic E-state index is 6.01. The van der Waals surface area contributed by atoms with E-state index in [1.165, 1.54) is 0 Å². The van der Waals surface area contributed by atoms with Gasteiger partial charge in [0.1, 0.15) is 4.99 Å². The highest BCUT2D eigenvalue weighted by Crippen LogP contribution is 2.21. The molecule has 0 aliphatic rings. The molecule has 1 aromatic rings. The number of thiocarbonyl (C=S) groups is 1. The first kappa shape index (κ1) is 17.2. The van der Waals surface area contributed by atoms with Crippen LogP contribution >= 0.6 is 23.8 Å². The van der Waals surface area contributed by atoms with Crippen molar-refractivity contribution in [1.82, 2.24) is 4.90 Å². The third-order valence-electron chi connectivity index (χ3n) is 3.38. The standard InChI is InChI=1S/C15H24ClN3S/c1-11(2)19(3)9-5-4-8-18-14-10-12(16)6-7-13(14)15(17)20/h6-7,10-11,18H,4-5,8-9H2,1-3H3,(H2,17,20). The van der Waals surface area contributed by atoms with Crippen molar-refractivity contribution in [1.29, 1.82) is 0 Å². The maximum absolute atomic E-state index is 6.01. The summed E-state index contributed by atoms with van der Waals surface area (Å²) in [6.45, 7) is 6.41. The van der Waals surface area contributed by atoms with Gasteiger partial charge in [-0.25, -0.2) is 0 Å². The monoisotopic (exact) mass is 313 g/mol. The van der Waals surface area contributed by atoms with Crippen LogP contribution in [0.2, 0.25) is 5.02 Å². The van der Waals surface area contributed by atoms with Crippen LogP contribution in [0.5, 0.6) is 0 Å². The molecule has 0 radical (unpaired) electrons. The average Bonchev–Trinajstić information content (AvgIpc) is 2.37. The Balaban J connectivity index is 2.42. The lowest BCUT2D eigenvalue weighted by Crippen LogP contribution is -2.27. The van der Waals surface area contributed by atoms with Crippen molar-refractivity contribution in [3.05, 3.63) is 28.8 Å². The zero-order valence-electron chi connectivity index (χ0n) is 12.4. The Labute approximate surface area is 132 Å². The lowest BCUT2D eigenvalue weighted by Gasteiger charge is -2.20. The fourth-order valence-electron chi connectivity index (χ4n) is 1.85. The first-order valence-corrected chi connectivity index (χ1v) is 7.74. The van der Waals surface area contributed by atoms with Crippen molar-refractivity contribution in [3.8, 4) is 0 Å². The van der Waals surface area contributed by atoms with Gasteiger partial charge in [-0.2, -0.15) is 0 Å². The van der Waals surface area contributed by atoms with E-state index < -0.39 is 0 Å². The second-order valence-electron chi connectivity index (χ2n) is 5.26. The number of unbranched alkanes of at least 4 members (excludes halogenated alkanes) is 1. The lowest BCUT2D eigenvalue weighted by atomic mass is 10.1. The molecule has 0 aliphatic heterocycles. The summed E-state index contributed by atoms with van der Waals surface area (Å²) in [5, 5.41) is 4.06. The van der Waals surface area contributed by atoms with Gasteiger partial charge in [-0.15, -0.1) is 0 Å². The van der Waals surface area contributed by atoms with Crippen LogP contribution in [0.25, 0.3) is 0 Å². The minimum Gasteiger partial charge on any atom is -0.389 e. The number of rotatable bonds is 8. The van der Waals surface area contributed by atoms with Crippen LogP contribution in [0, 0.1) is 0 Å². The molecular weight excluding hydrogens is 290 g/mol. The lowest BCUT2D eigenvalue weighted by molar-refractivity contribution is 0.269. The number of benzene rings is 1. The third kappa shape index (κ3) is 5.65. The Morgan fingerprint density at radius 2 is 2.10 bits per heavy atom. The van der Waals surface area contributed by atoms with E-state index in [-0.39, 0.29) is 0 Å². The molecule has 3 N–H and O–H groups in total. The van der Waals surface area contributed by atoms with E-state index in [2.05, 4.69) is 31.1 Å². The van der Waals surface area contributed by atoms with Crippen LogP contribution in [0.4, 0.5) is 5.69 Å². The smallest absolute Gasteiger partial charge is 0.106 e. The van der Waals surface area contributed by atoms with Crippen molar-refractivity contribution in [3.63, 3.8) is 0 Å². The molecule has 0 saturated heterocycles. The van der Waals surface area contributed by atoms with E-state index in [1.54, 1.807) is 6.07 Å². The van der Waals surface area contributed by atoms with Gasteiger partial charge in [0.05, 0.1) is 0 Å². The van der Waals surface area contributed by atoms with Crippen LogP contribution in [0.1, 0.15) is 32.3 Å². The van der Waals surface area contributed by atoms with E-state index in [1.807, 2.05) is 12.1 Å². The molecule has 0 aromatic heterocycles. The second kappa shape index (κ2) is 8.45. The number of anilines is 1. The molecule has 0 atom stereocenters. The van der Waals surface area contributed by atoms with E-state index >= 15 is 0 Å². The molecule has 0 aliphatic carbocycles. The van der Waals surface area contributed by atoms with Gasteiger partial charge in [-0.1, -0.05) is 23.8 Å². The Morgan fingerprint density at radius 3 is 2.70 bits per heavy atom. The van der Waals surface area contributed by atoms with Crippen LogP contribution in [-0.2, 0) is 0 Å². The summed E-state index contributed by atoms with van der Waals surface area (Å²) in [7, 11) is 2.15. The molecule has 0 spiro atoms. The van der Waals surface area contributed by atoms with Gasteiger partial charge < -0.3 is 16.0 Å². The van der Waals surface area contributed by atoms with Crippen molar-refractivity contribution in [2.75, 3.05) is 25.5 Å². The number of hydrogen-bond donors (Lipinski definition) is 2. The number of halogens is 1. The Kier molecular flexibility index (Phi) is 7.27. The molecule has 0 unspecified atom stereocenters. The summed E-state index contributed by atoms with van der Waals surface area (Å²) in [5.41, 5.74) is 7.48. The molecule has 5 heteroatoms. The van der Waals surface area contributed by atoms with Crippen LogP contribution < -0.4 is 11.1 Å². The fraction of sp³-hybridized carbons (Fsp3) is 0.533. The normalized spacial score (nSPS) is 11.1. The van der Waals surface area contributed by atoms with E-state index in [4.69, 9.17) is 29.6 Å². The van der Waals surface area contributed by atoms with Crippen molar-refractivity contribution in [2.24, 2.45) is 5.73 Å². The molecule has 112 valence electrons. The number of nitrogens with two attached hydrogens (primary N) is 1. The summed E-state index contributed by atoms with van der Waals surface area (Å²) < 4.78 is 0. The number of nitrogens with one attached hydrogen (secondary N) is 1. The van der Waals surface area contributed by atoms with Crippen LogP contribution in [0.15, 0.2) is 18.2 Å². The highest BCUT2D eigenvalue weighted by atomic mass is 35.5. The zero-order chi connectivity index (χ0) is 15.1. The molecule has 3 nitrogen and oxygen atoms in total. The summed E-state index contributed by atoms with van der Waals surface area (Å²) in [6, 6.07) is 6.13. The molecule has 1 aromatic carbocycles. The minimum atomic E-state index is 0.392. The molecule has 0 fully saturated rings. The van der Waals surface area contributed by atoms with Gasteiger partial charge in [0.25, 0.3) is 0 Å². The Bertz CT molecular complexity index is 449. The van der Waals surface area contributed by atoms with Crippen molar-refractivity contribution in [2.45, 2.75) is 32.7 Å². The quantitative estimate of drug-likeness (QED) is 0.569. The molecule has 0 amide bonds. The van der Waals surface area contributed by atoms with E-state index in [0.29, 0.717) is 16.1 Å². The number of hydrogen-bond acceptors (Lipinski definition) is 3. The van der Waals surface area contributed by atoms with E-state index in [0.717, 1.165) is 37.2 Å². The first-order valence-electron chi connectivity index (χ1n) is 6.95. The van der Waals surface area contributed by atoms with Gasteiger partial charge in [0.15, 0.2) is 0 Å². The molecule has 0 bridgehead atoms. The van der Waals surface area contributed by atoms with E-state index in [9.17, 15) is 0 Å². The van der Waals surface area contributed by atoms with Gasteiger partial charge in [-0.05, 0) is 58.5 Å². The summed E-state index contributed by atoms with van der Waals surface area (Å²) >= 11 is 11.1. The molecule has 0 saturated carbocycles. The Morgan fingerprint density at radius 1 is 1.40 bits per heavy atom. The van der Waals surface area contributed by atoms with Gasteiger partial charge >= 0.3 is 0 Å². The van der Waals surface area contributed by atoms with Crippen LogP contribution in [0.3, 0.4) is 0 Å². The summed E-state index contributed by atoms with van der Waals surface area (Å²) in [5.74, 6) is 0. The fourth-order valence-corrected chi connectivity index (χ4v) is 2.20. The van der Waals surface area contributed by atoms with Crippen LogP contribution in [-0.4, -0.2) is 36.1 Å². The zero-order valence-corrected chi connectivity index (χ0v) is 14.0. The second-order valence-corrected chi connectivity index (χ2v) is 6.14. The van der Waals surface area contributed by atoms with Crippen molar-refractivity contribution < 1.29 is 0 Å². The number of nitrogens with zero attached hydrogens (tertiary/aromatic N) is 1. The predicted molar refractivity (Wildman–Crippen MR) is 92.8 cm³/mol. The maximum Gasteiger partial charge on any atom is 0.106 e. The van der Waals surface area contributed by atoms with Gasteiger partial charge in [-0.3, -0.25) is 0 Å². The average molecular weight is 314 g/mol. The van der Waals surface area contributed by atoms with Crippen molar-refractivity contribution >= 4 is 34.5 Å². The van der Waals surface area contributed by atoms with Gasteiger partial charge in [0.2, 0.25) is 0 Å². The molecule has 20 heavy (non-hydrogen) atoms. The van der Waals surface area contributed by atoms with Gasteiger partial charge in [0, 0.05) is 28.9 Å². The molecule has 1 rings (SSSR count). The Hall–Kier alpha value is -0.840. The summed E-state index contributed by atoms with van der Waals surface area (Å²) in [6.07, 6.45) is 2.25. The molecule has 0 heterocycles. The largest absolute Gasteiger partial charge is 0.389 e. The predicted octanol–water partition coefficient (Wildman–Crippen LogP) is 3.51. The highest BCUT2D eigenvalue weighted by Gasteiger charge is 2.06. The summed E-state index contributed by atoms with van der Waals surface area (Å²) in [4.78, 5) is 2.74. The third-order valence-corrected chi connectivity index (χ3v) is 3.84. The SMILES string of the molecule is CC(C)N(C)CCCCNc1cc(Cl)ccc1C(N)=S. The first-order chi connectivity index (χ1) is 9.41. The topological polar surface area (TPSA) is 41.3 Å². The highest BCUT2D eigenvalue weighted by molar-refractivity contribution is 7.80. The molecular formula is C15H24ClN3S.